The molecule has 0 amide bonds. The van der Waals surface area contributed by atoms with Crippen molar-refractivity contribution in [2.45, 2.75) is 32.1 Å². The zero-order valence-corrected chi connectivity index (χ0v) is 20.8. The molecule has 0 unspecified atom stereocenters. The number of methoxy groups -OCH3 is 1. The summed E-state index contributed by atoms with van der Waals surface area (Å²) in [6.45, 7) is 7.74. The molecular formula is C21H38IN7O. The van der Waals surface area contributed by atoms with E-state index in [1.165, 1.54) is 25.7 Å². The summed E-state index contributed by atoms with van der Waals surface area (Å²) in [5.41, 5.74) is 0.365. The van der Waals surface area contributed by atoms with E-state index in [1.54, 1.807) is 7.11 Å². The van der Waals surface area contributed by atoms with Crippen LogP contribution in [0.4, 0.5) is 5.95 Å². The van der Waals surface area contributed by atoms with Crippen LogP contribution in [0.1, 0.15) is 32.1 Å². The number of guanidine groups is 1. The van der Waals surface area contributed by atoms with Gasteiger partial charge in [0.25, 0.3) is 0 Å². The topological polar surface area (TPSA) is 77.9 Å². The first kappa shape index (κ1) is 25.1. The first-order chi connectivity index (χ1) is 14.2. The van der Waals surface area contributed by atoms with Crippen molar-refractivity contribution in [2.75, 3.05) is 71.5 Å². The zero-order valence-electron chi connectivity index (χ0n) is 18.5. The summed E-state index contributed by atoms with van der Waals surface area (Å²) in [6.07, 6.45) is 9.98. The molecule has 0 aromatic carbocycles. The Morgan fingerprint density at radius 1 is 1.13 bits per heavy atom. The molecule has 2 N–H and O–H groups in total. The van der Waals surface area contributed by atoms with Crippen molar-refractivity contribution in [3.63, 3.8) is 0 Å². The number of aliphatic imine (C=N–C) groups is 1. The lowest BCUT2D eigenvalue weighted by atomic mass is 9.83. The van der Waals surface area contributed by atoms with Crippen LogP contribution in [0.15, 0.2) is 23.5 Å². The van der Waals surface area contributed by atoms with Crippen molar-refractivity contribution in [3.05, 3.63) is 18.5 Å². The van der Waals surface area contributed by atoms with Crippen molar-refractivity contribution in [1.29, 1.82) is 0 Å². The maximum absolute atomic E-state index is 5.34. The SMILES string of the molecule is CN=C(NCCN1CCN(c2ncccn2)CC1)NCC1(CCOC)CCCC1.I. The lowest BCUT2D eigenvalue weighted by Gasteiger charge is -2.34. The van der Waals surface area contributed by atoms with Gasteiger partial charge < -0.3 is 20.3 Å². The lowest BCUT2D eigenvalue weighted by molar-refractivity contribution is 0.138. The second-order valence-corrected chi connectivity index (χ2v) is 8.18. The Morgan fingerprint density at radius 3 is 2.47 bits per heavy atom. The Labute approximate surface area is 198 Å². The van der Waals surface area contributed by atoms with E-state index in [1.807, 2.05) is 25.5 Å². The van der Waals surface area contributed by atoms with E-state index in [4.69, 9.17) is 4.74 Å². The minimum absolute atomic E-state index is 0. The predicted octanol–water partition coefficient (Wildman–Crippen LogP) is 1.98. The third-order valence-electron chi connectivity index (χ3n) is 6.28. The normalized spacial score (nSPS) is 19.4. The minimum Gasteiger partial charge on any atom is -0.385 e. The molecule has 1 saturated carbocycles. The number of anilines is 1. The van der Waals surface area contributed by atoms with Crippen LogP contribution >= 0.6 is 24.0 Å². The van der Waals surface area contributed by atoms with Gasteiger partial charge in [0.05, 0.1) is 0 Å². The highest BCUT2D eigenvalue weighted by molar-refractivity contribution is 14.0. The van der Waals surface area contributed by atoms with Gasteiger partial charge in [-0.05, 0) is 30.7 Å². The second kappa shape index (κ2) is 13.3. The molecule has 9 heteroatoms. The van der Waals surface area contributed by atoms with E-state index in [-0.39, 0.29) is 24.0 Å². The number of ether oxygens (including phenoxy) is 1. The number of piperazine rings is 1. The molecule has 1 aromatic rings. The second-order valence-electron chi connectivity index (χ2n) is 8.18. The average molecular weight is 531 g/mol. The van der Waals surface area contributed by atoms with Gasteiger partial charge in [0.15, 0.2) is 5.96 Å². The summed E-state index contributed by atoms with van der Waals surface area (Å²) in [5.74, 6) is 1.74. The summed E-state index contributed by atoms with van der Waals surface area (Å²) >= 11 is 0. The van der Waals surface area contributed by atoms with Gasteiger partial charge in [-0.25, -0.2) is 9.97 Å². The van der Waals surface area contributed by atoms with Gasteiger partial charge in [-0.1, -0.05) is 12.8 Å². The summed E-state index contributed by atoms with van der Waals surface area (Å²) in [4.78, 5) is 17.9. The van der Waals surface area contributed by atoms with E-state index in [2.05, 4.69) is 35.4 Å². The quantitative estimate of drug-likeness (QED) is 0.287. The molecule has 2 aliphatic rings. The smallest absolute Gasteiger partial charge is 0.225 e. The largest absolute Gasteiger partial charge is 0.385 e. The first-order valence-corrected chi connectivity index (χ1v) is 10.9. The highest BCUT2D eigenvalue weighted by atomic mass is 127. The molecule has 0 radical (unpaired) electrons. The molecule has 8 nitrogen and oxygen atoms in total. The summed E-state index contributed by atoms with van der Waals surface area (Å²) in [6, 6.07) is 1.86. The van der Waals surface area contributed by atoms with Crippen molar-refractivity contribution >= 4 is 35.9 Å². The van der Waals surface area contributed by atoms with Gasteiger partial charge in [-0.15, -0.1) is 24.0 Å². The number of hydrogen-bond acceptors (Lipinski definition) is 6. The molecule has 2 fully saturated rings. The Bertz CT molecular complexity index is 617. The Hall–Kier alpha value is -1.20. The van der Waals surface area contributed by atoms with E-state index in [0.717, 1.165) is 70.7 Å². The molecule has 3 rings (SSSR count). The zero-order chi connectivity index (χ0) is 20.4. The Kier molecular flexibility index (Phi) is 11.1. The Morgan fingerprint density at radius 2 is 1.83 bits per heavy atom. The van der Waals surface area contributed by atoms with Crippen molar-refractivity contribution in [1.82, 2.24) is 25.5 Å². The Balaban J connectivity index is 0.00000320. The van der Waals surface area contributed by atoms with E-state index < -0.39 is 0 Å². The van der Waals surface area contributed by atoms with Crippen molar-refractivity contribution < 1.29 is 4.74 Å². The molecule has 1 aliphatic heterocycles. The van der Waals surface area contributed by atoms with Crippen LogP contribution in [0.25, 0.3) is 0 Å². The third-order valence-corrected chi connectivity index (χ3v) is 6.28. The molecule has 1 aromatic heterocycles. The van der Waals surface area contributed by atoms with Crippen LogP contribution in [0.2, 0.25) is 0 Å². The van der Waals surface area contributed by atoms with Crippen molar-refractivity contribution in [3.8, 4) is 0 Å². The van der Waals surface area contributed by atoms with Crippen LogP contribution in [-0.2, 0) is 4.74 Å². The van der Waals surface area contributed by atoms with E-state index in [9.17, 15) is 0 Å². The van der Waals surface area contributed by atoms with Crippen LogP contribution in [-0.4, -0.2) is 87.4 Å². The molecule has 0 atom stereocenters. The monoisotopic (exact) mass is 531 g/mol. The number of aromatic nitrogens is 2. The molecule has 1 aliphatic carbocycles. The van der Waals surface area contributed by atoms with Gasteiger partial charge in [0.2, 0.25) is 5.95 Å². The molecule has 170 valence electrons. The summed E-state index contributed by atoms with van der Waals surface area (Å²) < 4.78 is 5.34. The number of hydrogen-bond donors (Lipinski definition) is 2. The maximum atomic E-state index is 5.34. The average Bonchev–Trinajstić information content (AvgIpc) is 3.25. The van der Waals surface area contributed by atoms with Crippen LogP contribution in [0.3, 0.4) is 0 Å². The number of rotatable bonds is 9. The van der Waals surface area contributed by atoms with Gasteiger partial charge in [-0.2, -0.15) is 0 Å². The molecule has 0 bridgehead atoms. The lowest BCUT2D eigenvalue weighted by Crippen LogP contribution is -2.50. The summed E-state index contributed by atoms with van der Waals surface area (Å²) in [7, 11) is 3.65. The molecule has 30 heavy (non-hydrogen) atoms. The van der Waals surface area contributed by atoms with E-state index >= 15 is 0 Å². The van der Waals surface area contributed by atoms with Crippen LogP contribution < -0.4 is 15.5 Å². The number of nitrogens with zero attached hydrogens (tertiary/aromatic N) is 5. The highest BCUT2D eigenvalue weighted by Crippen LogP contribution is 2.40. The fourth-order valence-corrected chi connectivity index (χ4v) is 4.41. The van der Waals surface area contributed by atoms with Gasteiger partial charge in [-0.3, -0.25) is 9.89 Å². The summed E-state index contributed by atoms with van der Waals surface area (Å²) in [5, 5.41) is 7.05. The van der Waals surface area contributed by atoms with Crippen LogP contribution in [0.5, 0.6) is 0 Å². The van der Waals surface area contributed by atoms with E-state index in [0.29, 0.717) is 5.41 Å². The van der Waals surface area contributed by atoms with Crippen molar-refractivity contribution in [2.24, 2.45) is 10.4 Å². The van der Waals surface area contributed by atoms with Gasteiger partial charge >= 0.3 is 0 Å². The maximum Gasteiger partial charge on any atom is 0.225 e. The fraction of sp³-hybridized carbons (Fsp3) is 0.762. The third kappa shape index (κ3) is 7.49. The van der Waals surface area contributed by atoms with Gasteiger partial charge in [0.1, 0.15) is 0 Å². The standard InChI is InChI=1S/C21H37N7O.HI/c1-22-19(26-18-21(8-17-29-2)6-3-4-7-21)23-11-12-27-13-15-28(16-14-27)20-24-9-5-10-25-20;/h5,9-10H,3-4,6-8,11-18H2,1-2H3,(H2,22,23,26);1H. The first-order valence-electron chi connectivity index (χ1n) is 10.9. The molecule has 0 spiro atoms. The van der Waals surface area contributed by atoms with Gasteiger partial charge in [0, 0.05) is 79.0 Å². The molecular weight excluding hydrogens is 493 g/mol. The number of nitrogens with one attached hydrogen (secondary N) is 2. The molecule has 1 saturated heterocycles. The van der Waals surface area contributed by atoms with Crippen LogP contribution in [0, 0.1) is 5.41 Å². The highest BCUT2D eigenvalue weighted by Gasteiger charge is 2.33. The fourth-order valence-electron chi connectivity index (χ4n) is 4.41. The minimum atomic E-state index is 0. The molecule has 2 heterocycles. The number of halogens is 1. The predicted molar refractivity (Wildman–Crippen MR) is 133 cm³/mol.